The summed E-state index contributed by atoms with van der Waals surface area (Å²) in [6, 6.07) is 5.33. The molecule has 0 spiro atoms. The third-order valence-corrected chi connectivity index (χ3v) is 2.85. The SMILES string of the molecule is CCOc1cc(C(N)=S)ccc1OCCCC(=O)NC. The topological polar surface area (TPSA) is 73.6 Å². The van der Waals surface area contributed by atoms with Crippen molar-refractivity contribution in [1.29, 1.82) is 0 Å². The minimum Gasteiger partial charge on any atom is -0.490 e. The smallest absolute Gasteiger partial charge is 0.219 e. The largest absolute Gasteiger partial charge is 0.490 e. The Kier molecular flexibility index (Phi) is 6.79. The zero-order valence-corrected chi connectivity index (χ0v) is 12.6. The first kappa shape index (κ1) is 16.2. The highest BCUT2D eigenvalue weighted by atomic mass is 32.1. The van der Waals surface area contributed by atoms with E-state index in [2.05, 4.69) is 5.32 Å². The number of hydrogen-bond donors (Lipinski definition) is 2. The van der Waals surface area contributed by atoms with Crippen molar-refractivity contribution in [1.82, 2.24) is 5.32 Å². The molecule has 0 heterocycles. The van der Waals surface area contributed by atoms with Crippen LogP contribution in [-0.2, 0) is 4.79 Å². The molecule has 110 valence electrons. The molecule has 0 aromatic heterocycles. The molecule has 0 unspecified atom stereocenters. The van der Waals surface area contributed by atoms with Crippen LogP contribution >= 0.6 is 12.2 Å². The standard InChI is InChI=1S/C14H20N2O3S/c1-3-18-12-9-10(14(15)20)6-7-11(12)19-8-4-5-13(17)16-2/h6-7,9H,3-5,8H2,1-2H3,(H2,15,20)(H,16,17). The third kappa shape index (κ3) is 5.05. The van der Waals surface area contributed by atoms with Crippen LogP contribution in [0.1, 0.15) is 25.3 Å². The number of carbonyl (C=O) groups excluding carboxylic acids is 1. The number of ether oxygens (including phenoxy) is 2. The van der Waals surface area contributed by atoms with Crippen LogP contribution < -0.4 is 20.5 Å². The summed E-state index contributed by atoms with van der Waals surface area (Å²) >= 11 is 4.93. The number of carbonyl (C=O) groups is 1. The molecule has 1 aromatic carbocycles. The van der Waals surface area contributed by atoms with Gasteiger partial charge in [-0.3, -0.25) is 4.79 Å². The molecule has 1 aromatic rings. The van der Waals surface area contributed by atoms with Gasteiger partial charge in [0.15, 0.2) is 11.5 Å². The Morgan fingerprint density at radius 2 is 2.10 bits per heavy atom. The monoisotopic (exact) mass is 296 g/mol. The lowest BCUT2D eigenvalue weighted by Gasteiger charge is -2.13. The fraction of sp³-hybridized carbons (Fsp3) is 0.429. The minimum absolute atomic E-state index is 0.00228. The molecule has 0 aliphatic rings. The zero-order valence-electron chi connectivity index (χ0n) is 11.8. The zero-order chi connectivity index (χ0) is 15.0. The molecule has 0 atom stereocenters. The van der Waals surface area contributed by atoms with E-state index in [0.29, 0.717) is 42.5 Å². The first-order valence-corrected chi connectivity index (χ1v) is 6.89. The van der Waals surface area contributed by atoms with Crippen LogP contribution in [0.25, 0.3) is 0 Å². The van der Waals surface area contributed by atoms with Gasteiger partial charge in [0.25, 0.3) is 0 Å². The van der Waals surface area contributed by atoms with Crippen LogP contribution in [0.15, 0.2) is 18.2 Å². The number of hydrogen-bond acceptors (Lipinski definition) is 4. The van der Waals surface area contributed by atoms with Gasteiger partial charge in [-0.05, 0) is 31.5 Å². The predicted molar refractivity (Wildman–Crippen MR) is 82.3 cm³/mol. The molecule has 3 N–H and O–H groups in total. The number of nitrogens with one attached hydrogen (secondary N) is 1. The highest BCUT2D eigenvalue weighted by Crippen LogP contribution is 2.28. The first-order chi connectivity index (χ1) is 9.58. The number of benzene rings is 1. The van der Waals surface area contributed by atoms with E-state index in [0.717, 1.165) is 5.56 Å². The predicted octanol–water partition coefficient (Wildman–Crippen LogP) is 1.62. The molecule has 0 aliphatic heterocycles. The lowest BCUT2D eigenvalue weighted by atomic mass is 10.2. The van der Waals surface area contributed by atoms with E-state index >= 15 is 0 Å². The van der Waals surface area contributed by atoms with E-state index in [1.807, 2.05) is 6.92 Å². The number of rotatable bonds is 8. The molecular formula is C14H20N2O3S. The average Bonchev–Trinajstić information content (AvgIpc) is 2.44. The van der Waals surface area contributed by atoms with Gasteiger partial charge in [-0.15, -0.1) is 0 Å². The summed E-state index contributed by atoms with van der Waals surface area (Å²) in [5.41, 5.74) is 6.33. The van der Waals surface area contributed by atoms with E-state index in [-0.39, 0.29) is 5.91 Å². The fourth-order valence-corrected chi connectivity index (χ4v) is 1.72. The van der Waals surface area contributed by atoms with E-state index in [9.17, 15) is 4.79 Å². The van der Waals surface area contributed by atoms with Gasteiger partial charge in [0, 0.05) is 19.0 Å². The van der Waals surface area contributed by atoms with Crippen molar-refractivity contribution in [2.75, 3.05) is 20.3 Å². The molecule has 0 aliphatic carbocycles. The van der Waals surface area contributed by atoms with Crippen molar-refractivity contribution >= 4 is 23.1 Å². The molecule has 1 amide bonds. The summed E-state index contributed by atoms with van der Waals surface area (Å²) in [6.45, 7) is 2.86. The Hall–Kier alpha value is -1.82. The summed E-state index contributed by atoms with van der Waals surface area (Å²) in [5, 5.41) is 2.57. The summed E-state index contributed by atoms with van der Waals surface area (Å²) in [6.07, 6.45) is 1.08. The number of thiocarbonyl (C=S) groups is 1. The Morgan fingerprint density at radius 3 is 2.70 bits per heavy atom. The summed E-state index contributed by atoms with van der Waals surface area (Å²) in [5.74, 6) is 1.24. The van der Waals surface area contributed by atoms with E-state index in [1.54, 1.807) is 25.2 Å². The fourth-order valence-electron chi connectivity index (χ4n) is 1.59. The third-order valence-electron chi connectivity index (χ3n) is 2.61. The maximum absolute atomic E-state index is 11.1. The second-order valence-corrected chi connectivity index (χ2v) is 4.52. The molecule has 20 heavy (non-hydrogen) atoms. The maximum atomic E-state index is 11.1. The molecule has 0 bridgehead atoms. The van der Waals surface area contributed by atoms with Crippen molar-refractivity contribution < 1.29 is 14.3 Å². The van der Waals surface area contributed by atoms with Gasteiger partial charge < -0.3 is 20.5 Å². The van der Waals surface area contributed by atoms with Crippen LogP contribution in [0, 0.1) is 0 Å². The maximum Gasteiger partial charge on any atom is 0.219 e. The summed E-state index contributed by atoms with van der Waals surface area (Å²) < 4.78 is 11.1. The number of nitrogens with two attached hydrogens (primary N) is 1. The molecule has 0 saturated heterocycles. The van der Waals surface area contributed by atoms with Gasteiger partial charge in [-0.2, -0.15) is 0 Å². The van der Waals surface area contributed by atoms with Crippen molar-refractivity contribution in [3.63, 3.8) is 0 Å². The average molecular weight is 296 g/mol. The molecule has 0 fully saturated rings. The van der Waals surface area contributed by atoms with Gasteiger partial charge in [0.05, 0.1) is 13.2 Å². The van der Waals surface area contributed by atoms with Crippen molar-refractivity contribution in [3.05, 3.63) is 23.8 Å². The van der Waals surface area contributed by atoms with Crippen LogP contribution in [0.3, 0.4) is 0 Å². The van der Waals surface area contributed by atoms with Gasteiger partial charge in [0.1, 0.15) is 4.99 Å². The second kappa shape index (κ2) is 8.37. The van der Waals surface area contributed by atoms with Gasteiger partial charge in [-0.1, -0.05) is 12.2 Å². The Balaban J connectivity index is 2.64. The van der Waals surface area contributed by atoms with Crippen LogP contribution in [0.5, 0.6) is 11.5 Å². The minimum atomic E-state index is 0.00228. The highest BCUT2D eigenvalue weighted by Gasteiger charge is 2.08. The van der Waals surface area contributed by atoms with Gasteiger partial charge in [0.2, 0.25) is 5.91 Å². The summed E-state index contributed by atoms with van der Waals surface area (Å²) in [7, 11) is 1.62. The van der Waals surface area contributed by atoms with Crippen molar-refractivity contribution in [3.8, 4) is 11.5 Å². The normalized spacial score (nSPS) is 9.90. The second-order valence-electron chi connectivity index (χ2n) is 4.08. The quantitative estimate of drug-likeness (QED) is 0.563. The van der Waals surface area contributed by atoms with E-state index in [1.165, 1.54) is 0 Å². The molecular weight excluding hydrogens is 276 g/mol. The van der Waals surface area contributed by atoms with Crippen LogP contribution in [-0.4, -0.2) is 31.2 Å². The van der Waals surface area contributed by atoms with Crippen LogP contribution in [0.2, 0.25) is 0 Å². The Bertz CT molecular complexity index is 477. The Labute approximate surface area is 124 Å². The Morgan fingerprint density at radius 1 is 1.35 bits per heavy atom. The lowest BCUT2D eigenvalue weighted by molar-refractivity contribution is -0.120. The van der Waals surface area contributed by atoms with E-state index < -0.39 is 0 Å². The van der Waals surface area contributed by atoms with Gasteiger partial charge in [-0.25, -0.2) is 0 Å². The van der Waals surface area contributed by atoms with E-state index in [4.69, 9.17) is 27.4 Å². The molecule has 6 heteroatoms. The number of amides is 1. The molecule has 0 radical (unpaired) electrons. The van der Waals surface area contributed by atoms with Crippen LogP contribution in [0.4, 0.5) is 0 Å². The van der Waals surface area contributed by atoms with Gasteiger partial charge >= 0.3 is 0 Å². The first-order valence-electron chi connectivity index (χ1n) is 6.48. The highest BCUT2D eigenvalue weighted by molar-refractivity contribution is 7.80. The van der Waals surface area contributed by atoms with Crippen molar-refractivity contribution in [2.24, 2.45) is 5.73 Å². The molecule has 5 nitrogen and oxygen atoms in total. The molecule has 1 rings (SSSR count). The lowest BCUT2D eigenvalue weighted by Crippen LogP contribution is -2.18. The molecule has 0 saturated carbocycles. The summed E-state index contributed by atoms with van der Waals surface area (Å²) in [4.78, 5) is 11.4. The van der Waals surface area contributed by atoms with Crippen molar-refractivity contribution in [2.45, 2.75) is 19.8 Å².